The van der Waals surface area contributed by atoms with Crippen LogP contribution in [-0.4, -0.2) is 4.98 Å². The van der Waals surface area contributed by atoms with Crippen molar-refractivity contribution >= 4 is 0 Å². The lowest BCUT2D eigenvalue weighted by atomic mass is 10.1. The maximum absolute atomic E-state index is 12.9. The molecule has 2 rings (SSSR count). The first-order valence-electron chi connectivity index (χ1n) is 4.68. The highest BCUT2D eigenvalue weighted by atomic mass is 19.2. The van der Waals surface area contributed by atoms with Crippen molar-refractivity contribution in [3.8, 4) is 0 Å². The number of nitrogens with zero attached hydrogens (tertiary/aromatic N) is 1. The molecule has 0 radical (unpaired) electrons. The van der Waals surface area contributed by atoms with Crippen LogP contribution in [0.2, 0.25) is 0 Å². The van der Waals surface area contributed by atoms with Gasteiger partial charge in [-0.05, 0) is 35.7 Å². The van der Waals surface area contributed by atoms with Gasteiger partial charge >= 0.3 is 0 Å². The molecule has 1 nitrogen and oxygen atoms in total. The van der Waals surface area contributed by atoms with Crippen molar-refractivity contribution in [2.45, 2.75) is 6.42 Å². The van der Waals surface area contributed by atoms with E-state index in [-0.39, 0.29) is 0 Å². The summed E-state index contributed by atoms with van der Waals surface area (Å²) in [7, 11) is 0. The van der Waals surface area contributed by atoms with E-state index in [2.05, 4.69) is 4.98 Å². The number of rotatable bonds is 2. The number of benzene rings is 1. The van der Waals surface area contributed by atoms with Crippen LogP contribution < -0.4 is 0 Å². The molecule has 16 heavy (non-hydrogen) atoms. The van der Waals surface area contributed by atoms with Gasteiger partial charge in [-0.15, -0.1) is 0 Å². The van der Waals surface area contributed by atoms with Crippen molar-refractivity contribution in [1.82, 2.24) is 4.98 Å². The molecular formula is C12H8F3N. The monoisotopic (exact) mass is 223 g/mol. The molecule has 4 heteroatoms. The van der Waals surface area contributed by atoms with Gasteiger partial charge in [0, 0.05) is 6.20 Å². The van der Waals surface area contributed by atoms with E-state index in [1.165, 1.54) is 18.3 Å². The van der Waals surface area contributed by atoms with E-state index in [0.717, 1.165) is 18.3 Å². The Morgan fingerprint density at radius 1 is 0.875 bits per heavy atom. The van der Waals surface area contributed by atoms with Gasteiger partial charge in [0.05, 0.1) is 6.20 Å². The number of halogens is 3. The minimum Gasteiger partial charge on any atom is -0.261 e. The quantitative estimate of drug-likeness (QED) is 0.762. The number of pyridine rings is 1. The molecule has 82 valence electrons. The fourth-order valence-electron chi connectivity index (χ4n) is 1.44. The Balaban J connectivity index is 2.24. The Labute approximate surface area is 90.6 Å². The minimum atomic E-state index is -0.901. The number of hydrogen-bond donors (Lipinski definition) is 0. The van der Waals surface area contributed by atoms with Gasteiger partial charge in [0.1, 0.15) is 5.82 Å². The average molecular weight is 223 g/mol. The number of aromatic nitrogens is 1. The summed E-state index contributed by atoms with van der Waals surface area (Å²) >= 11 is 0. The highest BCUT2D eigenvalue weighted by molar-refractivity contribution is 5.25. The van der Waals surface area contributed by atoms with E-state index in [0.29, 0.717) is 17.5 Å². The molecule has 0 N–H and O–H groups in total. The van der Waals surface area contributed by atoms with Crippen LogP contribution in [0.1, 0.15) is 11.1 Å². The van der Waals surface area contributed by atoms with Crippen molar-refractivity contribution < 1.29 is 13.2 Å². The van der Waals surface area contributed by atoms with Gasteiger partial charge in [0.15, 0.2) is 11.6 Å². The largest absolute Gasteiger partial charge is 0.261 e. The molecule has 0 aliphatic heterocycles. The predicted octanol–water partition coefficient (Wildman–Crippen LogP) is 3.09. The first-order valence-corrected chi connectivity index (χ1v) is 4.68. The fourth-order valence-corrected chi connectivity index (χ4v) is 1.44. The Bertz CT molecular complexity index is 511. The second-order valence-corrected chi connectivity index (χ2v) is 3.44. The van der Waals surface area contributed by atoms with E-state index >= 15 is 0 Å². The molecule has 1 aromatic heterocycles. The lowest BCUT2D eigenvalue weighted by Crippen LogP contribution is -1.93. The van der Waals surface area contributed by atoms with Gasteiger partial charge in [-0.2, -0.15) is 0 Å². The second-order valence-electron chi connectivity index (χ2n) is 3.44. The van der Waals surface area contributed by atoms with E-state index in [4.69, 9.17) is 0 Å². The van der Waals surface area contributed by atoms with Crippen LogP contribution in [0, 0.1) is 17.5 Å². The summed E-state index contributed by atoms with van der Waals surface area (Å²) < 4.78 is 38.4. The molecule has 0 spiro atoms. The van der Waals surface area contributed by atoms with Crippen LogP contribution in [0.25, 0.3) is 0 Å². The normalized spacial score (nSPS) is 10.4. The topological polar surface area (TPSA) is 12.9 Å². The van der Waals surface area contributed by atoms with Crippen LogP contribution in [-0.2, 0) is 6.42 Å². The molecule has 0 saturated heterocycles. The van der Waals surface area contributed by atoms with E-state index in [1.807, 2.05) is 0 Å². The van der Waals surface area contributed by atoms with Gasteiger partial charge < -0.3 is 0 Å². The Hall–Kier alpha value is -1.84. The van der Waals surface area contributed by atoms with Gasteiger partial charge in [0.25, 0.3) is 0 Å². The molecule has 1 aromatic carbocycles. The van der Waals surface area contributed by atoms with E-state index in [9.17, 15) is 13.2 Å². The summed E-state index contributed by atoms with van der Waals surface area (Å²) in [6.45, 7) is 0. The summed E-state index contributed by atoms with van der Waals surface area (Å²) in [6.07, 6.45) is 2.90. The second kappa shape index (κ2) is 4.35. The molecule has 0 saturated carbocycles. The molecule has 0 atom stereocenters. The molecule has 0 fully saturated rings. The summed E-state index contributed by atoms with van der Waals surface area (Å²) in [6, 6.07) is 4.93. The van der Waals surface area contributed by atoms with Crippen molar-refractivity contribution in [3.63, 3.8) is 0 Å². The number of hydrogen-bond acceptors (Lipinski definition) is 1. The Morgan fingerprint density at radius 2 is 1.69 bits per heavy atom. The van der Waals surface area contributed by atoms with E-state index < -0.39 is 17.5 Å². The summed E-state index contributed by atoms with van der Waals surface area (Å²) in [5.41, 5.74) is 1.19. The Morgan fingerprint density at radius 3 is 2.38 bits per heavy atom. The van der Waals surface area contributed by atoms with E-state index in [1.54, 1.807) is 0 Å². The highest BCUT2D eigenvalue weighted by Gasteiger charge is 2.04. The SMILES string of the molecule is Fc1cncc(Cc2ccc(F)c(F)c2)c1. The molecule has 2 aromatic rings. The maximum atomic E-state index is 12.9. The first-order chi connectivity index (χ1) is 7.65. The van der Waals surface area contributed by atoms with Crippen molar-refractivity contribution in [2.75, 3.05) is 0 Å². The summed E-state index contributed by atoms with van der Waals surface area (Å²) in [5.74, 6) is -2.23. The summed E-state index contributed by atoms with van der Waals surface area (Å²) in [4.78, 5) is 3.68. The third-order valence-electron chi connectivity index (χ3n) is 2.15. The van der Waals surface area contributed by atoms with Gasteiger partial charge in [-0.25, -0.2) is 13.2 Å². The predicted molar refractivity (Wildman–Crippen MR) is 53.4 cm³/mol. The zero-order valence-electron chi connectivity index (χ0n) is 8.25. The van der Waals surface area contributed by atoms with Crippen LogP contribution in [0.5, 0.6) is 0 Å². The molecule has 0 aliphatic carbocycles. The molecular weight excluding hydrogens is 215 g/mol. The van der Waals surface area contributed by atoms with Crippen LogP contribution in [0.15, 0.2) is 36.7 Å². The van der Waals surface area contributed by atoms with Crippen molar-refractivity contribution in [3.05, 3.63) is 65.2 Å². The Kier molecular flexibility index (Phi) is 2.90. The highest BCUT2D eigenvalue weighted by Crippen LogP contribution is 2.13. The summed E-state index contributed by atoms with van der Waals surface area (Å²) in [5, 5.41) is 0. The lowest BCUT2D eigenvalue weighted by Gasteiger charge is -2.02. The first kappa shape index (κ1) is 10.7. The van der Waals surface area contributed by atoms with Crippen molar-refractivity contribution in [1.29, 1.82) is 0 Å². The average Bonchev–Trinajstić information content (AvgIpc) is 2.24. The van der Waals surface area contributed by atoms with Crippen LogP contribution in [0.4, 0.5) is 13.2 Å². The third kappa shape index (κ3) is 2.39. The lowest BCUT2D eigenvalue weighted by molar-refractivity contribution is 0.507. The van der Waals surface area contributed by atoms with Crippen molar-refractivity contribution in [2.24, 2.45) is 0 Å². The van der Waals surface area contributed by atoms with Crippen LogP contribution in [0.3, 0.4) is 0 Å². The van der Waals surface area contributed by atoms with Gasteiger partial charge in [-0.3, -0.25) is 4.98 Å². The molecule has 0 bridgehead atoms. The van der Waals surface area contributed by atoms with Gasteiger partial charge in [0.2, 0.25) is 0 Å². The van der Waals surface area contributed by atoms with Gasteiger partial charge in [-0.1, -0.05) is 6.07 Å². The van der Waals surface area contributed by atoms with Crippen LogP contribution >= 0.6 is 0 Å². The maximum Gasteiger partial charge on any atom is 0.159 e. The fraction of sp³-hybridized carbons (Fsp3) is 0.0833. The zero-order chi connectivity index (χ0) is 11.5. The molecule has 0 unspecified atom stereocenters. The standard InChI is InChI=1S/C12H8F3N/c13-10-4-9(6-16-7-10)3-8-1-2-11(14)12(15)5-8/h1-2,4-7H,3H2. The third-order valence-corrected chi connectivity index (χ3v) is 2.15. The molecule has 0 aliphatic rings. The zero-order valence-corrected chi connectivity index (χ0v) is 8.25. The minimum absolute atomic E-state index is 0.321. The molecule has 1 heterocycles. The smallest absolute Gasteiger partial charge is 0.159 e. The molecule has 0 amide bonds.